The summed E-state index contributed by atoms with van der Waals surface area (Å²) < 4.78 is 60.6. The number of nitrogens with two attached hydrogens (primary N) is 1. The first-order valence-electron chi connectivity index (χ1n) is 15.2. The minimum absolute atomic E-state index is 0. The molecule has 3 rings (SSSR count). The van der Waals surface area contributed by atoms with Gasteiger partial charge in [0, 0.05) is 37.1 Å². The number of aromatic nitrogens is 4. The zero-order valence-electron chi connectivity index (χ0n) is 28.8. The van der Waals surface area contributed by atoms with Gasteiger partial charge in [-0.3, -0.25) is 32.6 Å². The van der Waals surface area contributed by atoms with Crippen molar-refractivity contribution in [1.29, 1.82) is 0 Å². The third kappa shape index (κ3) is 14.6. The molecular weight excluding hydrogens is 806 g/mol. The molecule has 2 aromatic rings. The molecule has 0 spiro atoms. The molecule has 0 radical (unpaired) electrons. The molecule has 25 nitrogen and oxygen atoms in total. The van der Waals surface area contributed by atoms with E-state index in [9.17, 15) is 57.9 Å². The Labute approximate surface area is 322 Å². The fraction of sp³-hybridized carbons (Fsp3) is 0.667. The van der Waals surface area contributed by atoms with Crippen LogP contribution in [-0.4, -0.2) is 120 Å². The molecule has 1 fully saturated rings. The number of nitrogens with zero attached hydrogens (tertiary/aromatic N) is 4. The van der Waals surface area contributed by atoms with Gasteiger partial charge in [0.15, 0.2) is 22.8 Å². The summed E-state index contributed by atoms with van der Waals surface area (Å²) in [7, 11) is -17.3. The fourth-order valence-corrected chi connectivity index (χ4v) is 7.85. The predicted molar refractivity (Wildman–Crippen MR) is 172 cm³/mol. The van der Waals surface area contributed by atoms with Crippen LogP contribution in [0.25, 0.3) is 11.2 Å². The Morgan fingerprint density at radius 3 is 2.41 bits per heavy atom. The largest absolute Gasteiger partial charge is 1.00 e. The number of hydrogen-bond acceptors (Lipinski definition) is 22. The summed E-state index contributed by atoms with van der Waals surface area (Å²) in [6.45, 7) is -0.268. The smallest absolute Gasteiger partial charge is 0.756 e. The summed E-state index contributed by atoms with van der Waals surface area (Å²) >= 11 is 0.925. The van der Waals surface area contributed by atoms with Gasteiger partial charge in [-0.05, 0) is 0 Å². The van der Waals surface area contributed by atoms with Crippen molar-refractivity contribution in [2.75, 3.05) is 44.4 Å². The van der Waals surface area contributed by atoms with E-state index in [-0.39, 0.29) is 79.2 Å². The quantitative estimate of drug-likeness (QED) is 0.0349. The Morgan fingerprint density at radius 2 is 1.76 bits per heavy atom. The van der Waals surface area contributed by atoms with Gasteiger partial charge in [-0.1, -0.05) is 25.6 Å². The van der Waals surface area contributed by atoms with Crippen molar-refractivity contribution in [2.45, 2.75) is 57.3 Å². The summed E-state index contributed by atoms with van der Waals surface area (Å²) in [5, 5.41) is 34.5. The number of fused-ring (bicyclic) bond motifs is 1. The van der Waals surface area contributed by atoms with Crippen LogP contribution in [0.4, 0.5) is 5.82 Å². The van der Waals surface area contributed by atoms with Gasteiger partial charge in [0.25, 0.3) is 23.5 Å². The van der Waals surface area contributed by atoms with Crippen LogP contribution in [0.3, 0.4) is 0 Å². The Bertz CT molecular complexity index is 1750. The van der Waals surface area contributed by atoms with E-state index < -0.39 is 84.6 Å². The summed E-state index contributed by atoms with van der Waals surface area (Å²) in [6.07, 6.45) is -7.47. The Hall–Kier alpha value is -1.88. The van der Waals surface area contributed by atoms with Crippen molar-refractivity contribution in [3.8, 4) is 0 Å². The molecule has 3 heterocycles. The third-order valence-corrected chi connectivity index (χ3v) is 11.0. The maximum atomic E-state index is 12.5. The molecule has 54 heavy (non-hydrogen) atoms. The Morgan fingerprint density at radius 1 is 1.09 bits per heavy atom. The zero-order chi connectivity index (χ0) is 39.8. The Kier molecular flexibility index (Phi) is 18.3. The standard InChI is InChI=1S/C24H40N7O18P3S.Li/c1-24(2,19(36)22(37)27-5-3-14(33)26-6-8-53-15(34)4-7-32)10-46-52(43,44)49-51(41,42)45-9-13-18(48-50(38,39)40)17(35)23(47-13)31-12-30-16-20(25)28-11-29-21(16)31;/h11-13,17-19,23,32,35-36H,3-10H2,1-2H3,(H,26,33)(H,27,37)(H,41,42)(H,43,44)(H2,25,28,29)(H2,38,39,40);/q;+1/p-3. The number of ether oxygens (including phenoxy) is 1. The first-order valence-corrected chi connectivity index (χ1v) is 20.6. The zero-order valence-corrected chi connectivity index (χ0v) is 32.3. The van der Waals surface area contributed by atoms with Crippen molar-refractivity contribution >= 4 is 69.1 Å². The molecule has 0 aromatic carbocycles. The van der Waals surface area contributed by atoms with Gasteiger partial charge in [0.2, 0.25) is 11.8 Å². The molecule has 2 amide bonds. The number of carbonyl (C=O) groups excluding carboxylic acids is 3. The van der Waals surface area contributed by atoms with E-state index in [2.05, 4.69) is 43.5 Å². The molecule has 8 unspecified atom stereocenters. The van der Waals surface area contributed by atoms with E-state index in [0.717, 1.165) is 29.0 Å². The van der Waals surface area contributed by atoms with Crippen molar-refractivity contribution in [3.05, 3.63) is 12.7 Å². The number of hydrogen-bond donors (Lipinski definition) is 7. The van der Waals surface area contributed by atoms with Crippen LogP contribution in [0.1, 0.15) is 32.9 Å². The van der Waals surface area contributed by atoms with Gasteiger partial charge in [-0.25, -0.2) is 19.3 Å². The molecule has 1 saturated heterocycles. The SMILES string of the molecule is CC(C)(COP(=O)([O-])OP(=O)([O-])OCC1OC(n2cnc3c(N)ncnc32)C(O)C1OP(=O)([O-])O)C(O)C(=O)NCCC(=O)NCCSC(=O)CCO.[Li+]. The van der Waals surface area contributed by atoms with E-state index in [1.807, 2.05) is 0 Å². The Balaban J connectivity index is 0.0000101. The second-order valence-electron chi connectivity index (χ2n) is 11.7. The molecule has 30 heteroatoms. The second kappa shape index (κ2) is 20.5. The van der Waals surface area contributed by atoms with Crippen molar-refractivity contribution < 1.29 is 104 Å². The van der Waals surface area contributed by atoms with Crippen molar-refractivity contribution in [2.24, 2.45) is 5.41 Å². The van der Waals surface area contributed by atoms with E-state index in [0.29, 0.717) is 0 Å². The van der Waals surface area contributed by atoms with Gasteiger partial charge < -0.3 is 69.6 Å². The molecule has 300 valence electrons. The molecule has 2 aromatic heterocycles. The number of imidazole rings is 1. The average molecular weight is 844 g/mol. The normalized spacial score (nSPS) is 22.7. The molecule has 1 aliphatic heterocycles. The number of thioether (sulfide) groups is 1. The van der Waals surface area contributed by atoms with Crippen LogP contribution in [0.15, 0.2) is 12.7 Å². The maximum absolute atomic E-state index is 12.5. The summed E-state index contributed by atoms with van der Waals surface area (Å²) in [4.78, 5) is 93.0. The summed E-state index contributed by atoms with van der Waals surface area (Å²) in [5.41, 5.74) is 4.08. The molecule has 0 aliphatic carbocycles. The van der Waals surface area contributed by atoms with Crippen molar-refractivity contribution in [1.82, 2.24) is 30.2 Å². The van der Waals surface area contributed by atoms with E-state index in [1.165, 1.54) is 13.8 Å². The number of carbonyl (C=O) groups is 3. The number of nitrogen functional groups attached to an aromatic ring is 1. The monoisotopic (exact) mass is 843 g/mol. The van der Waals surface area contributed by atoms with Gasteiger partial charge in [-0.15, -0.1) is 0 Å². The molecule has 0 saturated carbocycles. The van der Waals surface area contributed by atoms with E-state index in [1.54, 1.807) is 0 Å². The minimum atomic E-state index is -5.90. The number of rotatable bonds is 21. The number of aliphatic hydroxyl groups is 3. The van der Waals surface area contributed by atoms with Crippen molar-refractivity contribution in [3.63, 3.8) is 0 Å². The fourth-order valence-electron chi connectivity index (χ4n) is 4.44. The van der Waals surface area contributed by atoms with Gasteiger partial charge in [0.1, 0.15) is 36.3 Å². The predicted octanol–water partition coefficient (Wildman–Crippen LogP) is -6.84. The minimum Gasteiger partial charge on any atom is -0.756 e. The number of phosphoric acid groups is 3. The second-order valence-corrected chi connectivity index (χ2v) is 17.0. The van der Waals surface area contributed by atoms with Crippen LogP contribution in [0.5, 0.6) is 0 Å². The number of anilines is 1. The van der Waals surface area contributed by atoms with E-state index in [4.69, 9.17) is 15.6 Å². The van der Waals surface area contributed by atoms with Crippen LogP contribution in [-0.2, 0) is 50.7 Å². The molecule has 0 bridgehead atoms. The summed E-state index contributed by atoms with van der Waals surface area (Å²) in [6, 6.07) is 0. The first-order chi connectivity index (χ1) is 24.6. The first kappa shape index (κ1) is 48.3. The topological polar surface area (TPSA) is 392 Å². The van der Waals surface area contributed by atoms with Gasteiger partial charge in [0.05, 0.1) is 26.1 Å². The van der Waals surface area contributed by atoms with Crippen LogP contribution in [0, 0.1) is 5.41 Å². The number of nitrogens with one attached hydrogen (secondary N) is 2. The molecular formula is C24H37LiN7O18P3S-2. The molecule has 8 atom stereocenters. The van der Waals surface area contributed by atoms with E-state index >= 15 is 0 Å². The summed E-state index contributed by atoms with van der Waals surface area (Å²) in [5.74, 6) is -1.33. The van der Waals surface area contributed by atoms with Crippen LogP contribution in [0.2, 0.25) is 0 Å². The van der Waals surface area contributed by atoms with Gasteiger partial charge in [-0.2, -0.15) is 0 Å². The number of phosphoric ester groups is 3. The molecule has 1 aliphatic rings. The van der Waals surface area contributed by atoms with Gasteiger partial charge >= 0.3 is 18.9 Å². The number of aliphatic hydroxyl groups excluding tert-OH is 3. The molecule has 8 N–H and O–H groups in total. The van der Waals surface area contributed by atoms with Crippen LogP contribution >= 0.6 is 35.2 Å². The maximum Gasteiger partial charge on any atom is 1.00 e. The van der Waals surface area contributed by atoms with Crippen LogP contribution < -0.4 is 49.9 Å². The number of amides is 2. The third-order valence-electron chi connectivity index (χ3n) is 7.06. The average Bonchev–Trinajstić information content (AvgIpc) is 3.61.